The molecule has 1 saturated heterocycles. The first-order chi connectivity index (χ1) is 9.19. The number of hydrogen-bond donors (Lipinski definition) is 1. The van der Waals surface area contributed by atoms with Gasteiger partial charge in [-0.15, -0.1) is 0 Å². The molecule has 19 heavy (non-hydrogen) atoms. The highest BCUT2D eigenvalue weighted by Crippen LogP contribution is 2.31. The first-order valence-electron chi connectivity index (χ1n) is 7.00. The molecule has 0 spiro atoms. The summed E-state index contributed by atoms with van der Waals surface area (Å²) in [6, 6.07) is 7.88. The van der Waals surface area contributed by atoms with Crippen LogP contribution in [0.4, 0.5) is 5.69 Å². The first kappa shape index (κ1) is 12.9. The molecule has 1 aromatic carbocycles. The van der Waals surface area contributed by atoms with Gasteiger partial charge >= 0.3 is 0 Å². The van der Waals surface area contributed by atoms with Gasteiger partial charge in [-0.1, -0.05) is 18.2 Å². The molecule has 0 radical (unpaired) electrons. The monoisotopic (exact) mass is 280 g/mol. The Bertz CT molecular complexity index is 550. The third-order valence-corrected chi connectivity index (χ3v) is 6.29. The SMILES string of the molecule is O=S(=O)(C1CCCNC1)N1CCCc2ccccc21. The normalized spacial score (nSPS) is 24.0. The van der Waals surface area contributed by atoms with Crippen LogP contribution in [0.1, 0.15) is 24.8 Å². The van der Waals surface area contributed by atoms with Crippen LogP contribution in [0.5, 0.6) is 0 Å². The van der Waals surface area contributed by atoms with Crippen molar-refractivity contribution < 1.29 is 8.42 Å². The minimum absolute atomic E-state index is 0.271. The zero-order valence-corrected chi connectivity index (χ0v) is 11.8. The van der Waals surface area contributed by atoms with Crippen molar-refractivity contribution in [1.82, 2.24) is 5.32 Å². The lowest BCUT2D eigenvalue weighted by Crippen LogP contribution is -2.47. The number of nitrogens with zero attached hydrogens (tertiary/aromatic N) is 1. The van der Waals surface area contributed by atoms with Crippen molar-refractivity contribution in [2.45, 2.75) is 30.9 Å². The van der Waals surface area contributed by atoms with E-state index in [2.05, 4.69) is 5.32 Å². The quantitative estimate of drug-likeness (QED) is 0.893. The maximum atomic E-state index is 12.8. The lowest BCUT2D eigenvalue weighted by molar-refractivity contribution is 0.493. The van der Waals surface area contributed by atoms with Crippen molar-refractivity contribution in [1.29, 1.82) is 0 Å². The molecule has 0 aromatic heterocycles. The van der Waals surface area contributed by atoms with Gasteiger partial charge in [0.05, 0.1) is 10.9 Å². The summed E-state index contributed by atoms with van der Waals surface area (Å²) in [4.78, 5) is 0. The number of hydrogen-bond acceptors (Lipinski definition) is 3. The maximum Gasteiger partial charge on any atom is 0.239 e. The van der Waals surface area contributed by atoms with E-state index in [1.54, 1.807) is 4.31 Å². The zero-order chi connectivity index (χ0) is 13.3. The fourth-order valence-corrected chi connectivity index (χ4v) is 5.01. The molecule has 5 heteroatoms. The van der Waals surface area contributed by atoms with E-state index in [1.807, 2.05) is 24.3 Å². The van der Waals surface area contributed by atoms with Crippen molar-refractivity contribution in [3.05, 3.63) is 29.8 Å². The third kappa shape index (κ3) is 2.37. The number of aryl methyl sites for hydroxylation is 1. The van der Waals surface area contributed by atoms with Gasteiger partial charge in [-0.05, 0) is 43.9 Å². The molecule has 0 aliphatic carbocycles. The second kappa shape index (κ2) is 5.13. The summed E-state index contributed by atoms with van der Waals surface area (Å²) >= 11 is 0. The molecule has 1 N–H and O–H groups in total. The van der Waals surface area contributed by atoms with Gasteiger partial charge in [0.1, 0.15) is 0 Å². The number of anilines is 1. The van der Waals surface area contributed by atoms with Gasteiger partial charge in [-0.3, -0.25) is 4.31 Å². The number of nitrogens with one attached hydrogen (secondary N) is 1. The Morgan fingerprint density at radius 1 is 1.21 bits per heavy atom. The van der Waals surface area contributed by atoms with Gasteiger partial charge < -0.3 is 5.32 Å². The van der Waals surface area contributed by atoms with Crippen molar-refractivity contribution in [2.24, 2.45) is 0 Å². The summed E-state index contributed by atoms with van der Waals surface area (Å²) in [5, 5.41) is 2.93. The van der Waals surface area contributed by atoms with Crippen LogP contribution in [0.25, 0.3) is 0 Å². The zero-order valence-electron chi connectivity index (χ0n) is 11.0. The molecule has 104 valence electrons. The predicted octanol–water partition coefficient (Wildman–Crippen LogP) is 1.52. The molecule has 4 nitrogen and oxygen atoms in total. The van der Waals surface area contributed by atoms with E-state index < -0.39 is 10.0 Å². The second-order valence-electron chi connectivity index (χ2n) is 5.32. The molecule has 1 aromatic rings. The van der Waals surface area contributed by atoms with E-state index in [4.69, 9.17) is 0 Å². The highest BCUT2D eigenvalue weighted by Gasteiger charge is 2.35. The van der Waals surface area contributed by atoms with Crippen LogP contribution in [-0.2, 0) is 16.4 Å². The summed E-state index contributed by atoms with van der Waals surface area (Å²) in [5.74, 6) is 0. The average Bonchev–Trinajstić information content (AvgIpc) is 2.47. The van der Waals surface area contributed by atoms with Crippen LogP contribution in [-0.4, -0.2) is 33.3 Å². The topological polar surface area (TPSA) is 49.4 Å². The lowest BCUT2D eigenvalue weighted by atomic mass is 10.0. The molecule has 1 fully saturated rings. The van der Waals surface area contributed by atoms with Crippen molar-refractivity contribution >= 4 is 15.7 Å². The number of benzene rings is 1. The van der Waals surface area contributed by atoms with E-state index in [-0.39, 0.29) is 5.25 Å². The predicted molar refractivity (Wildman–Crippen MR) is 76.9 cm³/mol. The van der Waals surface area contributed by atoms with Crippen LogP contribution in [0.2, 0.25) is 0 Å². The summed E-state index contributed by atoms with van der Waals surface area (Å²) in [5.41, 5.74) is 2.04. The molecule has 2 aliphatic heterocycles. The van der Waals surface area contributed by atoms with Gasteiger partial charge in [0.25, 0.3) is 0 Å². The fourth-order valence-electron chi connectivity index (χ4n) is 3.02. The minimum atomic E-state index is -3.23. The van der Waals surface area contributed by atoms with E-state index in [9.17, 15) is 8.42 Å². The fraction of sp³-hybridized carbons (Fsp3) is 0.571. The Kier molecular flexibility index (Phi) is 3.50. The molecule has 0 amide bonds. The van der Waals surface area contributed by atoms with E-state index in [1.165, 1.54) is 0 Å². The van der Waals surface area contributed by atoms with Gasteiger partial charge in [0.2, 0.25) is 10.0 Å². The molecule has 3 rings (SSSR count). The Morgan fingerprint density at radius 3 is 2.84 bits per heavy atom. The molecule has 1 atom stereocenters. The Balaban J connectivity index is 1.94. The van der Waals surface area contributed by atoms with E-state index in [0.717, 1.165) is 43.5 Å². The van der Waals surface area contributed by atoms with Gasteiger partial charge in [0.15, 0.2) is 0 Å². The van der Waals surface area contributed by atoms with Crippen molar-refractivity contribution in [2.75, 3.05) is 23.9 Å². The van der Waals surface area contributed by atoms with Crippen LogP contribution in [0, 0.1) is 0 Å². The highest BCUT2D eigenvalue weighted by molar-refractivity contribution is 7.93. The lowest BCUT2D eigenvalue weighted by Gasteiger charge is -2.35. The minimum Gasteiger partial charge on any atom is -0.315 e. The molecule has 0 saturated carbocycles. The molecule has 0 bridgehead atoms. The first-order valence-corrected chi connectivity index (χ1v) is 8.50. The van der Waals surface area contributed by atoms with Crippen LogP contribution in [0.3, 0.4) is 0 Å². The number of sulfonamides is 1. The summed E-state index contributed by atoms with van der Waals surface area (Å²) in [6.45, 7) is 2.14. The van der Waals surface area contributed by atoms with Crippen molar-refractivity contribution in [3.8, 4) is 0 Å². The van der Waals surface area contributed by atoms with Gasteiger partial charge in [-0.2, -0.15) is 0 Å². The van der Waals surface area contributed by atoms with Crippen LogP contribution in [0.15, 0.2) is 24.3 Å². The summed E-state index contributed by atoms with van der Waals surface area (Å²) in [7, 11) is -3.23. The van der Waals surface area contributed by atoms with Gasteiger partial charge in [0, 0.05) is 13.1 Å². The third-order valence-electron chi connectivity index (χ3n) is 4.05. The average molecular weight is 280 g/mol. The number of rotatable bonds is 2. The van der Waals surface area contributed by atoms with E-state index >= 15 is 0 Å². The van der Waals surface area contributed by atoms with E-state index in [0.29, 0.717) is 13.1 Å². The largest absolute Gasteiger partial charge is 0.315 e. The second-order valence-corrected chi connectivity index (χ2v) is 7.46. The van der Waals surface area contributed by atoms with Crippen LogP contribution >= 0.6 is 0 Å². The Hall–Kier alpha value is -1.07. The highest BCUT2D eigenvalue weighted by atomic mass is 32.2. The Labute approximate surface area is 114 Å². The molecule has 2 aliphatic rings. The Morgan fingerprint density at radius 2 is 2.05 bits per heavy atom. The molecular formula is C14H20N2O2S. The maximum absolute atomic E-state index is 12.8. The standard InChI is InChI=1S/C14H20N2O2S/c17-19(18,13-7-3-9-15-11-13)16-10-4-6-12-5-1-2-8-14(12)16/h1-2,5,8,13,15H,3-4,6-7,9-11H2. The molecule has 2 heterocycles. The summed E-state index contributed by atoms with van der Waals surface area (Å²) in [6.07, 6.45) is 3.61. The molecular weight excluding hydrogens is 260 g/mol. The number of piperidine rings is 1. The van der Waals surface area contributed by atoms with Gasteiger partial charge in [-0.25, -0.2) is 8.42 Å². The smallest absolute Gasteiger partial charge is 0.239 e. The number of fused-ring (bicyclic) bond motifs is 1. The number of para-hydroxylation sites is 1. The molecule has 1 unspecified atom stereocenters. The van der Waals surface area contributed by atoms with Crippen LogP contribution < -0.4 is 9.62 Å². The van der Waals surface area contributed by atoms with Crippen molar-refractivity contribution in [3.63, 3.8) is 0 Å². The summed E-state index contributed by atoms with van der Waals surface area (Å²) < 4.78 is 27.2.